The van der Waals surface area contributed by atoms with Crippen molar-refractivity contribution in [1.82, 2.24) is 10.3 Å². The Morgan fingerprint density at radius 2 is 1.79 bits per heavy atom. The van der Waals surface area contributed by atoms with Crippen LogP contribution in [0, 0.1) is 6.92 Å². The molecule has 7 heteroatoms. The number of piperazine rings is 1. The number of anilines is 2. The Bertz CT molecular complexity index is 967. The molecule has 2 aromatic rings. The summed E-state index contributed by atoms with van der Waals surface area (Å²) >= 11 is 6.09. The van der Waals surface area contributed by atoms with Crippen LogP contribution < -0.4 is 15.3 Å². The molecule has 2 aliphatic rings. The van der Waals surface area contributed by atoms with Crippen LogP contribution in [0.1, 0.15) is 12.0 Å². The quantitative estimate of drug-likeness (QED) is 0.844. The second kappa shape index (κ2) is 8.17. The number of carbonyl (C=O) groups excluding carboxylic acids is 2. The van der Waals surface area contributed by atoms with Gasteiger partial charge in [0.25, 0.3) is 5.91 Å². The monoisotopic (exact) mass is 410 g/mol. The molecule has 29 heavy (non-hydrogen) atoms. The molecule has 2 amide bonds. The first-order valence-corrected chi connectivity index (χ1v) is 10.1. The number of nitrogens with zero attached hydrogens (tertiary/aromatic N) is 3. The molecule has 0 unspecified atom stereocenters. The summed E-state index contributed by atoms with van der Waals surface area (Å²) in [4.78, 5) is 29.5. The van der Waals surface area contributed by atoms with Gasteiger partial charge < -0.3 is 9.80 Å². The minimum Gasteiger partial charge on any atom is -0.368 e. The molecule has 0 spiro atoms. The average Bonchev–Trinajstić information content (AvgIpc) is 2.74. The van der Waals surface area contributed by atoms with Crippen molar-refractivity contribution in [3.63, 3.8) is 0 Å². The molecule has 1 N–H and O–H groups in total. The number of hydrogen-bond donors (Lipinski definition) is 1. The van der Waals surface area contributed by atoms with E-state index in [0.29, 0.717) is 23.8 Å². The van der Waals surface area contributed by atoms with Crippen LogP contribution in [0.3, 0.4) is 0 Å². The number of hydrazine groups is 1. The van der Waals surface area contributed by atoms with Crippen LogP contribution in [0.15, 0.2) is 60.3 Å². The van der Waals surface area contributed by atoms with Gasteiger partial charge >= 0.3 is 0 Å². The lowest BCUT2D eigenvalue weighted by Gasteiger charge is -2.38. The van der Waals surface area contributed by atoms with Crippen molar-refractivity contribution in [2.75, 3.05) is 36.1 Å². The Morgan fingerprint density at radius 3 is 2.52 bits per heavy atom. The van der Waals surface area contributed by atoms with E-state index in [0.717, 1.165) is 30.0 Å². The molecule has 0 atom stereocenters. The lowest BCUT2D eigenvalue weighted by atomic mass is 10.1. The van der Waals surface area contributed by atoms with Gasteiger partial charge in [-0.3, -0.25) is 15.0 Å². The van der Waals surface area contributed by atoms with Crippen LogP contribution in [-0.2, 0) is 9.59 Å². The number of rotatable bonds is 3. The Balaban J connectivity index is 1.42. The number of hydrogen-bond acceptors (Lipinski definition) is 4. The van der Waals surface area contributed by atoms with Crippen LogP contribution in [0.25, 0.3) is 0 Å². The van der Waals surface area contributed by atoms with Crippen molar-refractivity contribution in [1.29, 1.82) is 0 Å². The molecule has 6 nitrogen and oxygen atoms in total. The first kappa shape index (κ1) is 19.3. The van der Waals surface area contributed by atoms with E-state index in [2.05, 4.69) is 10.3 Å². The summed E-state index contributed by atoms with van der Waals surface area (Å²) in [6, 6.07) is 15.4. The van der Waals surface area contributed by atoms with Crippen LogP contribution in [0.5, 0.6) is 0 Å². The maximum absolute atomic E-state index is 13.0. The SMILES string of the molecule is Cc1ccccc1N1NC(C(=O)N2CCN(c3cccc(Cl)c3)CC2)=CCC1=O. The third kappa shape index (κ3) is 4.07. The number of carbonyl (C=O) groups is 2. The van der Waals surface area contributed by atoms with Crippen molar-refractivity contribution in [3.8, 4) is 0 Å². The van der Waals surface area contributed by atoms with Crippen molar-refractivity contribution in [2.24, 2.45) is 0 Å². The van der Waals surface area contributed by atoms with Crippen LogP contribution in [0.2, 0.25) is 5.02 Å². The second-order valence-electron chi connectivity index (χ2n) is 7.21. The second-order valence-corrected chi connectivity index (χ2v) is 7.64. The molecule has 2 aliphatic heterocycles. The summed E-state index contributed by atoms with van der Waals surface area (Å²) in [5.41, 5.74) is 6.28. The van der Waals surface area contributed by atoms with Crippen molar-refractivity contribution < 1.29 is 9.59 Å². The van der Waals surface area contributed by atoms with E-state index in [4.69, 9.17) is 11.6 Å². The van der Waals surface area contributed by atoms with E-state index in [-0.39, 0.29) is 18.2 Å². The van der Waals surface area contributed by atoms with E-state index in [1.54, 1.807) is 6.08 Å². The Kier molecular flexibility index (Phi) is 5.45. The van der Waals surface area contributed by atoms with Gasteiger partial charge in [0.15, 0.2) is 0 Å². The van der Waals surface area contributed by atoms with Gasteiger partial charge in [-0.15, -0.1) is 0 Å². The van der Waals surface area contributed by atoms with E-state index in [1.807, 2.05) is 60.4 Å². The molecule has 2 aromatic carbocycles. The first-order valence-electron chi connectivity index (χ1n) is 9.68. The fourth-order valence-electron chi connectivity index (χ4n) is 3.66. The fraction of sp³-hybridized carbons (Fsp3) is 0.273. The zero-order valence-electron chi connectivity index (χ0n) is 16.3. The van der Waals surface area contributed by atoms with E-state index >= 15 is 0 Å². The van der Waals surface area contributed by atoms with Gasteiger partial charge in [-0.2, -0.15) is 0 Å². The number of benzene rings is 2. The molecule has 4 rings (SSSR count). The average molecular weight is 411 g/mol. The summed E-state index contributed by atoms with van der Waals surface area (Å²) < 4.78 is 0. The first-order chi connectivity index (χ1) is 14.0. The highest BCUT2D eigenvalue weighted by molar-refractivity contribution is 6.30. The molecule has 0 saturated carbocycles. The molecule has 0 aliphatic carbocycles. The van der Waals surface area contributed by atoms with Gasteiger partial charge in [-0.25, -0.2) is 5.01 Å². The molecule has 0 bridgehead atoms. The zero-order valence-corrected chi connectivity index (χ0v) is 17.0. The molecule has 0 aromatic heterocycles. The lowest BCUT2D eigenvalue weighted by Crippen LogP contribution is -2.53. The molecule has 1 saturated heterocycles. The largest absolute Gasteiger partial charge is 0.368 e. The van der Waals surface area contributed by atoms with Gasteiger partial charge in [-0.05, 0) is 42.8 Å². The maximum Gasteiger partial charge on any atom is 0.271 e. The topological polar surface area (TPSA) is 55.9 Å². The molecule has 2 heterocycles. The summed E-state index contributed by atoms with van der Waals surface area (Å²) in [6.45, 7) is 4.64. The Morgan fingerprint density at radius 1 is 1.03 bits per heavy atom. The lowest BCUT2D eigenvalue weighted by molar-refractivity contribution is -0.128. The highest BCUT2D eigenvalue weighted by Crippen LogP contribution is 2.24. The summed E-state index contributed by atoms with van der Waals surface area (Å²) in [5, 5.41) is 2.18. The molecular weight excluding hydrogens is 388 g/mol. The highest BCUT2D eigenvalue weighted by atomic mass is 35.5. The number of para-hydroxylation sites is 1. The summed E-state index contributed by atoms with van der Waals surface area (Å²) in [6.07, 6.45) is 1.88. The van der Waals surface area contributed by atoms with Crippen LogP contribution in [-0.4, -0.2) is 42.9 Å². The maximum atomic E-state index is 13.0. The van der Waals surface area contributed by atoms with Gasteiger partial charge in [-0.1, -0.05) is 35.9 Å². The smallest absolute Gasteiger partial charge is 0.271 e. The third-order valence-corrected chi connectivity index (χ3v) is 5.52. The number of aryl methyl sites for hydroxylation is 1. The number of halogens is 1. The highest BCUT2D eigenvalue weighted by Gasteiger charge is 2.29. The predicted molar refractivity (Wildman–Crippen MR) is 115 cm³/mol. The predicted octanol–water partition coefficient (Wildman–Crippen LogP) is 3.12. The zero-order chi connectivity index (χ0) is 20.4. The van der Waals surface area contributed by atoms with Gasteiger partial charge in [0.2, 0.25) is 5.91 Å². The van der Waals surface area contributed by atoms with Gasteiger partial charge in [0.1, 0.15) is 5.70 Å². The van der Waals surface area contributed by atoms with Crippen LogP contribution in [0.4, 0.5) is 11.4 Å². The van der Waals surface area contributed by atoms with Crippen LogP contribution >= 0.6 is 11.6 Å². The standard InChI is InChI=1S/C22H23ClN4O2/c1-16-5-2-3-8-20(16)27-21(28)10-9-19(24-27)22(29)26-13-11-25(12-14-26)18-7-4-6-17(23)15-18/h2-9,15,24H,10-14H2,1H3. The third-order valence-electron chi connectivity index (χ3n) is 5.29. The van der Waals surface area contributed by atoms with Crippen molar-refractivity contribution in [3.05, 3.63) is 70.9 Å². The Hall–Kier alpha value is -2.99. The normalized spacial score (nSPS) is 17.1. The number of nitrogens with one attached hydrogen (secondary N) is 1. The molecular formula is C22H23ClN4O2. The minimum atomic E-state index is -0.0818. The van der Waals surface area contributed by atoms with Crippen molar-refractivity contribution in [2.45, 2.75) is 13.3 Å². The van der Waals surface area contributed by atoms with Gasteiger partial charge in [0, 0.05) is 43.3 Å². The molecule has 0 radical (unpaired) electrons. The van der Waals surface area contributed by atoms with E-state index in [1.165, 1.54) is 5.01 Å². The molecule has 150 valence electrons. The van der Waals surface area contributed by atoms with E-state index < -0.39 is 0 Å². The van der Waals surface area contributed by atoms with E-state index in [9.17, 15) is 9.59 Å². The summed E-state index contributed by atoms with van der Waals surface area (Å²) in [7, 11) is 0. The van der Waals surface area contributed by atoms with Crippen molar-refractivity contribution >= 4 is 34.8 Å². The summed E-state index contributed by atoms with van der Waals surface area (Å²) in [5.74, 6) is -0.163. The number of amides is 2. The van der Waals surface area contributed by atoms with Gasteiger partial charge in [0.05, 0.1) is 5.69 Å². The fourth-order valence-corrected chi connectivity index (χ4v) is 3.85. The molecule has 1 fully saturated rings. The Labute approximate surface area is 175 Å². The minimum absolute atomic E-state index is 0.0816.